The van der Waals surface area contributed by atoms with Crippen LogP contribution in [-0.4, -0.2) is 4.98 Å². The second-order valence-electron chi connectivity index (χ2n) is 2.77. The highest BCUT2D eigenvalue weighted by Crippen LogP contribution is 2.33. The van der Waals surface area contributed by atoms with Crippen molar-refractivity contribution < 1.29 is 22.0 Å². The van der Waals surface area contributed by atoms with E-state index in [1.54, 1.807) is 0 Å². The molecule has 1 rings (SSSR count). The van der Waals surface area contributed by atoms with Crippen molar-refractivity contribution >= 4 is 5.69 Å². The van der Waals surface area contributed by atoms with E-state index in [0.29, 0.717) is 6.07 Å². The lowest BCUT2D eigenvalue weighted by Gasteiger charge is -2.10. The Bertz CT molecular complexity index is 446. The van der Waals surface area contributed by atoms with Gasteiger partial charge < -0.3 is 5.73 Å². The van der Waals surface area contributed by atoms with E-state index in [9.17, 15) is 22.0 Å². The number of alkyl halides is 5. The molecule has 0 saturated heterocycles. The number of aromatic nitrogens is 1. The zero-order chi connectivity index (χ0) is 12.5. The Labute approximate surface area is 86.3 Å². The van der Waals surface area contributed by atoms with Crippen LogP contribution >= 0.6 is 0 Å². The molecule has 2 N–H and O–H groups in total. The molecule has 3 nitrogen and oxygen atoms in total. The Morgan fingerprint density at radius 1 is 1.38 bits per heavy atom. The van der Waals surface area contributed by atoms with Crippen molar-refractivity contribution in [2.45, 2.75) is 12.6 Å². The zero-order valence-electron chi connectivity index (χ0n) is 7.52. The van der Waals surface area contributed by atoms with Gasteiger partial charge in [-0.1, -0.05) is 0 Å². The molecule has 0 fully saturated rings. The molecule has 86 valence electrons. The highest BCUT2D eigenvalue weighted by molar-refractivity contribution is 5.57. The summed E-state index contributed by atoms with van der Waals surface area (Å²) in [5.41, 5.74) is 0.874. The maximum Gasteiger partial charge on any atom is 0.433 e. The molecule has 1 aromatic heterocycles. The van der Waals surface area contributed by atoms with Crippen molar-refractivity contribution in [2.75, 3.05) is 5.73 Å². The maximum absolute atomic E-state index is 12.3. The van der Waals surface area contributed by atoms with Crippen LogP contribution in [0.15, 0.2) is 6.07 Å². The molecule has 1 aromatic rings. The summed E-state index contributed by atoms with van der Waals surface area (Å²) in [5.74, 6) is 0. The summed E-state index contributed by atoms with van der Waals surface area (Å²) in [6.07, 6.45) is -8.18. The Balaban J connectivity index is 3.48. The Morgan fingerprint density at radius 2 is 1.94 bits per heavy atom. The van der Waals surface area contributed by atoms with E-state index in [1.165, 1.54) is 6.07 Å². The topological polar surface area (TPSA) is 62.7 Å². The third-order valence-corrected chi connectivity index (χ3v) is 1.69. The molecular weight excluding hydrogens is 233 g/mol. The first-order valence-electron chi connectivity index (χ1n) is 3.83. The predicted octanol–water partition coefficient (Wildman–Crippen LogP) is 2.49. The lowest BCUT2D eigenvalue weighted by molar-refractivity contribution is -0.141. The molecule has 0 aromatic carbocycles. The molecule has 1 heterocycles. The van der Waals surface area contributed by atoms with E-state index in [1.807, 2.05) is 0 Å². The minimum atomic E-state index is -4.88. The van der Waals surface area contributed by atoms with Crippen molar-refractivity contribution in [3.63, 3.8) is 0 Å². The summed E-state index contributed by atoms with van der Waals surface area (Å²) in [7, 11) is 0. The molecular formula is C8H4F5N3. The van der Waals surface area contributed by atoms with Gasteiger partial charge in [0.25, 0.3) is 6.43 Å². The van der Waals surface area contributed by atoms with Gasteiger partial charge in [-0.25, -0.2) is 13.8 Å². The van der Waals surface area contributed by atoms with Gasteiger partial charge in [0.05, 0.1) is 5.69 Å². The van der Waals surface area contributed by atoms with E-state index in [4.69, 9.17) is 11.0 Å². The van der Waals surface area contributed by atoms with Crippen LogP contribution in [0.4, 0.5) is 27.6 Å². The van der Waals surface area contributed by atoms with E-state index < -0.39 is 35.2 Å². The third-order valence-electron chi connectivity index (χ3n) is 1.69. The van der Waals surface area contributed by atoms with E-state index in [2.05, 4.69) is 4.98 Å². The molecule has 0 aliphatic rings. The summed E-state index contributed by atoms with van der Waals surface area (Å²) in [5, 5.41) is 8.46. The summed E-state index contributed by atoms with van der Waals surface area (Å²) in [4.78, 5) is 2.70. The number of rotatable bonds is 1. The number of nitrogen functional groups attached to an aromatic ring is 1. The molecule has 0 radical (unpaired) electrons. The molecule has 0 amide bonds. The van der Waals surface area contributed by atoms with Gasteiger partial charge in [0.1, 0.15) is 23.0 Å². The van der Waals surface area contributed by atoms with Gasteiger partial charge in [-0.2, -0.15) is 18.4 Å². The number of nitrogens with zero attached hydrogens (tertiary/aromatic N) is 2. The maximum atomic E-state index is 12.3. The highest BCUT2D eigenvalue weighted by atomic mass is 19.4. The molecule has 0 atom stereocenters. The number of nitrogens with two attached hydrogens (primary N) is 1. The van der Waals surface area contributed by atoms with Crippen molar-refractivity contribution in [3.05, 3.63) is 23.0 Å². The molecule has 0 aliphatic carbocycles. The van der Waals surface area contributed by atoms with Gasteiger partial charge in [0.15, 0.2) is 0 Å². The fourth-order valence-electron chi connectivity index (χ4n) is 1.01. The second-order valence-corrected chi connectivity index (χ2v) is 2.77. The van der Waals surface area contributed by atoms with Gasteiger partial charge in [0, 0.05) is 0 Å². The van der Waals surface area contributed by atoms with Crippen molar-refractivity contribution in [2.24, 2.45) is 0 Å². The second kappa shape index (κ2) is 3.92. The summed E-state index contributed by atoms with van der Waals surface area (Å²) < 4.78 is 61.3. The smallest absolute Gasteiger partial charge is 0.398 e. The molecule has 0 bridgehead atoms. The summed E-state index contributed by atoms with van der Waals surface area (Å²) in [6.45, 7) is 0. The summed E-state index contributed by atoms with van der Waals surface area (Å²) >= 11 is 0. The Kier molecular flexibility index (Phi) is 2.98. The number of nitriles is 1. The fourth-order valence-corrected chi connectivity index (χ4v) is 1.01. The number of anilines is 1. The van der Waals surface area contributed by atoms with Crippen LogP contribution in [0.2, 0.25) is 0 Å². The fraction of sp³-hybridized carbons (Fsp3) is 0.250. The van der Waals surface area contributed by atoms with Crippen molar-refractivity contribution in [1.29, 1.82) is 5.26 Å². The van der Waals surface area contributed by atoms with Crippen LogP contribution in [-0.2, 0) is 6.18 Å². The van der Waals surface area contributed by atoms with Gasteiger partial charge in [0.2, 0.25) is 0 Å². The van der Waals surface area contributed by atoms with Crippen LogP contribution in [0, 0.1) is 11.3 Å². The lowest BCUT2D eigenvalue weighted by Crippen LogP contribution is -2.12. The molecule has 0 aliphatic heterocycles. The minimum Gasteiger partial charge on any atom is -0.398 e. The Hall–Kier alpha value is -1.91. The standard InChI is InChI=1S/C8H4F5N3/c9-7(10)6-3(2-14)4(15)1-5(16-6)8(11,12)13/h1,7H,(H2,15,16). The molecule has 8 heteroatoms. The van der Waals surface area contributed by atoms with E-state index in [-0.39, 0.29) is 0 Å². The third kappa shape index (κ3) is 2.18. The monoisotopic (exact) mass is 237 g/mol. The number of hydrogen-bond acceptors (Lipinski definition) is 3. The normalized spacial score (nSPS) is 11.6. The first kappa shape index (κ1) is 12.2. The number of halogens is 5. The quantitative estimate of drug-likeness (QED) is 0.763. The van der Waals surface area contributed by atoms with Gasteiger partial charge in [-0.15, -0.1) is 0 Å². The highest BCUT2D eigenvalue weighted by Gasteiger charge is 2.35. The zero-order valence-corrected chi connectivity index (χ0v) is 7.52. The first-order valence-corrected chi connectivity index (χ1v) is 3.83. The molecule has 0 saturated carbocycles. The average molecular weight is 237 g/mol. The van der Waals surface area contributed by atoms with Gasteiger partial charge in [-0.05, 0) is 6.07 Å². The van der Waals surface area contributed by atoms with Gasteiger partial charge >= 0.3 is 6.18 Å². The van der Waals surface area contributed by atoms with Crippen molar-refractivity contribution in [1.82, 2.24) is 4.98 Å². The number of hydrogen-bond donors (Lipinski definition) is 1. The van der Waals surface area contributed by atoms with Crippen LogP contribution in [0.1, 0.15) is 23.4 Å². The summed E-state index contributed by atoms with van der Waals surface area (Å²) in [6, 6.07) is 1.64. The molecule has 16 heavy (non-hydrogen) atoms. The van der Waals surface area contributed by atoms with Crippen LogP contribution in [0.25, 0.3) is 0 Å². The van der Waals surface area contributed by atoms with Crippen LogP contribution in [0.3, 0.4) is 0 Å². The van der Waals surface area contributed by atoms with Gasteiger partial charge in [-0.3, -0.25) is 0 Å². The Morgan fingerprint density at radius 3 is 2.31 bits per heavy atom. The van der Waals surface area contributed by atoms with Crippen LogP contribution in [0.5, 0.6) is 0 Å². The predicted molar refractivity (Wildman–Crippen MR) is 43.3 cm³/mol. The minimum absolute atomic E-state index is 0.352. The molecule has 0 spiro atoms. The lowest BCUT2D eigenvalue weighted by atomic mass is 10.1. The molecule has 0 unspecified atom stereocenters. The van der Waals surface area contributed by atoms with Crippen molar-refractivity contribution in [3.8, 4) is 6.07 Å². The number of pyridine rings is 1. The largest absolute Gasteiger partial charge is 0.433 e. The first-order chi connectivity index (χ1) is 7.27. The SMILES string of the molecule is N#Cc1c(N)cc(C(F)(F)F)nc1C(F)F. The van der Waals surface area contributed by atoms with Crippen LogP contribution < -0.4 is 5.73 Å². The average Bonchev–Trinajstić information content (AvgIpc) is 2.14. The van der Waals surface area contributed by atoms with E-state index >= 15 is 0 Å². The van der Waals surface area contributed by atoms with E-state index in [0.717, 1.165) is 0 Å².